The summed E-state index contributed by atoms with van der Waals surface area (Å²) in [5, 5.41) is 0. The zero-order chi connectivity index (χ0) is 18.0. The molecule has 1 unspecified atom stereocenters. The van der Waals surface area contributed by atoms with E-state index in [1.807, 2.05) is 26.8 Å². The van der Waals surface area contributed by atoms with Gasteiger partial charge in [0.1, 0.15) is 11.4 Å². The molecule has 2 saturated heterocycles. The van der Waals surface area contributed by atoms with Crippen LogP contribution < -0.4 is 10.6 Å². The number of hydrogen-bond acceptors (Lipinski definition) is 7. The van der Waals surface area contributed by atoms with Gasteiger partial charge in [-0.1, -0.05) is 0 Å². The lowest BCUT2D eigenvalue weighted by molar-refractivity contribution is 0.0240. The van der Waals surface area contributed by atoms with Gasteiger partial charge in [-0.3, -0.25) is 0 Å². The highest BCUT2D eigenvalue weighted by atomic mass is 16.6. The molecule has 25 heavy (non-hydrogen) atoms. The molecular weight excluding hydrogens is 322 g/mol. The van der Waals surface area contributed by atoms with Crippen LogP contribution in [0.1, 0.15) is 38.8 Å². The second-order valence-electron chi connectivity index (χ2n) is 7.52. The number of carbonyl (C=O) groups is 1. The first-order valence-corrected chi connectivity index (χ1v) is 8.77. The van der Waals surface area contributed by atoms with Gasteiger partial charge in [-0.25, -0.2) is 9.78 Å². The summed E-state index contributed by atoms with van der Waals surface area (Å²) in [6.45, 7) is 9.64. The fourth-order valence-corrected chi connectivity index (χ4v) is 3.05. The first kappa shape index (κ1) is 17.7. The Kier molecular flexibility index (Phi) is 4.99. The van der Waals surface area contributed by atoms with E-state index in [0.29, 0.717) is 32.8 Å². The lowest BCUT2D eigenvalue weighted by atomic mass is 10.0. The summed E-state index contributed by atoms with van der Waals surface area (Å²) in [5.74, 6) is 1.39. The molecule has 0 aliphatic carbocycles. The van der Waals surface area contributed by atoms with E-state index < -0.39 is 5.60 Å². The standard InChI is InChI=1S/C17H27N5O3/c1-17(2,3)25-16(23)22-7-5-21(6-8-22)14-10-13(19-15(18)20-14)12-4-9-24-11-12/h10,12H,4-9,11H2,1-3H3,(H2,18,19,20). The predicted molar refractivity (Wildman–Crippen MR) is 94.6 cm³/mol. The van der Waals surface area contributed by atoms with Crippen molar-refractivity contribution in [2.75, 3.05) is 50.0 Å². The van der Waals surface area contributed by atoms with E-state index in [1.165, 1.54) is 0 Å². The van der Waals surface area contributed by atoms with Crippen LogP contribution in [0.5, 0.6) is 0 Å². The smallest absolute Gasteiger partial charge is 0.410 e. The number of nitrogen functional groups attached to an aromatic ring is 1. The van der Waals surface area contributed by atoms with Crippen LogP contribution in [0.15, 0.2) is 6.07 Å². The number of carbonyl (C=O) groups excluding carboxylic acids is 1. The Morgan fingerprint density at radius 3 is 2.60 bits per heavy atom. The van der Waals surface area contributed by atoms with Crippen molar-refractivity contribution in [2.45, 2.75) is 38.7 Å². The molecule has 0 saturated carbocycles. The van der Waals surface area contributed by atoms with Crippen LogP contribution in [0.3, 0.4) is 0 Å². The van der Waals surface area contributed by atoms with Gasteiger partial charge in [-0.15, -0.1) is 0 Å². The van der Waals surface area contributed by atoms with Gasteiger partial charge < -0.3 is 25.0 Å². The lowest BCUT2D eigenvalue weighted by Crippen LogP contribution is -2.50. The molecular formula is C17H27N5O3. The van der Waals surface area contributed by atoms with Gasteiger partial charge in [-0.05, 0) is 27.2 Å². The van der Waals surface area contributed by atoms with Crippen molar-refractivity contribution < 1.29 is 14.3 Å². The van der Waals surface area contributed by atoms with Gasteiger partial charge in [0.15, 0.2) is 0 Å². The summed E-state index contributed by atoms with van der Waals surface area (Å²) in [7, 11) is 0. The molecule has 1 amide bonds. The summed E-state index contributed by atoms with van der Waals surface area (Å²) in [6.07, 6.45) is 0.695. The first-order chi connectivity index (χ1) is 11.8. The van der Waals surface area contributed by atoms with Crippen LogP contribution in [-0.2, 0) is 9.47 Å². The summed E-state index contributed by atoms with van der Waals surface area (Å²) < 4.78 is 10.9. The molecule has 0 aromatic carbocycles. The molecule has 0 spiro atoms. The Hall–Kier alpha value is -2.09. The normalized spacial score (nSPS) is 21.5. The van der Waals surface area contributed by atoms with Crippen molar-refractivity contribution >= 4 is 17.9 Å². The third-order valence-electron chi connectivity index (χ3n) is 4.35. The third kappa shape index (κ3) is 4.50. The fourth-order valence-electron chi connectivity index (χ4n) is 3.05. The molecule has 2 N–H and O–H groups in total. The molecule has 8 heteroatoms. The number of nitrogens with zero attached hydrogens (tertiary/aromatic N) is 4. The van der Waals surface area contributed by atoms with Gasteiger partial charge >= 0.3 is 6.09 Å². The molecule has 1 aromatic heterocycles. The van der Waals surface area contributed by atoms with Crippen molar-refractivity contribution in [1.29, 1.82) is 0 Å². The van der Waals surface area contributed by atoms with Crippen LogP contribution in [0.2, 0.25) is 0 Å². The zero-order valence-electron chi connectivity index (χ0n) is 15.2. The summed E-state index contributed by atoms with van der Waals surface area (Å²) >= 11 is 0. The Morgan fingerprint density at radius 2 is 2.00 bits per heavy atom. The minimum Gasteiger partial charge on any atom is -0.444 e. The van der Waals surface area contributed by atoms with Gasteiger partial charge in [0.25, 0.3) is 0 Å². The van der Waals surface area contributed by atoms with Gasteiger partial charge in [-0.2, -0.15) is 4.98 Å². The second kappa shape index (κ2) is 7.03. The Balaban J connectivity index is 1.64. The Labute approximate surface area is 148 Å². The van der Waals surface area contributed by atoms with E-state index >= 15 is 0 Å². The topological polar surface area (TPSA) is 93.8 Å². The Morgan fingerprint density at radius 1 is 1.28 bits per heavy atom. The monoisotopic (exact) mass is 349 g/mol. The average Bonchev–Trinajstić information content (AvgIpc) is 3.07. The third-order valence-corrected chi connectivity index (χ3v) is 4.35. The Bertz CT molecular complexity index is 617. The van der Waals surface area contributed by atoms with Crippen molar-refractivity contribution in [2.24, 2.45) is 0 Å². The molecule has 2 fully saturated rings. The van der Waals surface area contributed by atoms with E-state index in [0.717, 1.165) is 24.5 Å². The molecule has 3 rings (SSSR count). The van der Waals surface area contributed by atoms with E-state index in [1.54, 1.807) is 4.90 Å². The summed E-state index contributed by atoms with van der Waals surface area (Å²) in [4.78, 5) is 24.8. The maximum atomic E-state index is 12.2. The molecule has 2 aliphatic rings. The van der Waals surface area contributed by atoms with E-state index in [4.69, 9.17) is 15.2 Å². The molecule has 138 valence electrons. The predicted octanol–water partition coefficient (Wildman–Crippen LogP) is 1.62. The second-order valence-corrected chi connectivity index (χ2v) is 7.52. The maximum Gasteiger partial charge on any atom is 0.410 e. The molecule has 3 heterocycles. The molecule has 2 aliphatic heterocycles. The molecule has 0 radical (unpaired) electrons. The maximum absolute atomic E-state index is 12.2. The van der Waals surface area contributed by atoms with Gasteiger partial charge in [0.05, 0.1) is 12.3 Å². The number of piperazine rings is 1. The number of rotatable bonds is 2. The fraction of sp³-hybridized carbons (Fsp3) is 0.706. The number of anilines is 2. The van der Waals surface area contributed by atoms with Crippen LogP contribution >= 0.6 is 0 Å². The molecule has 0 bridgehead atoms. The van der Waals surface area contributed by atoms with Crippen molar-refractivity contribution in [3.05, 3.63) is 11.8 Å². The number of hydrogen-bond donors (Lipinski definition) is 1. The van der Waals surface area contributed by atoms with E-state index in [9.17, 15) is 4.79 Å². The quantitative estimate of drug-likeness (QED) is 0.867. The van der Waals surface area contributed by atoms with Gasteiger partial charge in [0, 0.05) is 44.8 Å². The number of nitrogens with two attached hydrogens (primary N) is 1. The SMILES string of the molecule is CC(C)(C)OC(=O)N1CCN(c2cc(C3CCOC3)nc(N)n2)CC1. The number of ether oxygens (including phenoxy) is 2. The average molecular weight is 349 g/mol. The van der Waals surface area contributed by atoms with Crippen LogP contribution in [0.4, 0.5) is 16.6 Å². The van der Waals surface area contributed by atoms with Crippen LogP contribution in [0.25, 0.3) is 0 Å². The highest BCUT2D eigenvalue weighted by molar-refractivity contribution is 5.68. The van der Waals surface area contributed by atoms with Crippen LogP contribution in [-0.4, -0.2) is 66.0 Å². The summed E-state index contributed by atoms with van der Waals surface area (Å²) in [5.41, 5.74) is 6.37. The van der Waals surface area contributed by atoms with Crippen molar-refractivity contribution in [3.8, 4) is 0 Å². The minimum atomic E-state index is -0.479. The lowest BCUT2D eigenvalue weighted by Gasteiger charge is -2.36. The van der Waals surface area contributed by atoms with Crippen molar-refractivity contribution in [1.82, 2.24) is 14.9 Å². The van der Waals surface area contributed by atoms with E-state index in [-0.39, 0.29) is 18.0 Å². The number of amides is 1. The van der Waals surface area contributed by atoms with E-state index in [2.05, 4.69) is 14.9 Å². The molecule has 1 aromatic rings. The largest absolute Gasteiger partial charge is 0.444 e. The summed E-state index contributed by atoms with van der Waals surface area (Å²) in [6, 6.07) is 2.00. The highest BCUT2D eigenvalue weighted by Crippen LogP contribution is 2.27. The van der Waals surface area contributed by atoms with Crippen LogP contribution in [0, 0.1) is 0 Å². The highest BCUT2D eigenvalue weighted by Gasteiger charge is 2.27. The first-order valence-electron chi connectivity index (χ1n) is 8.77. The van der Waals surface area contributed by atoms with Gasteiger partial charge in [0.2, 0.25) is 5.95 Å². The zero-order valence-corrected chi connectivity index (χ0v) is 15.2. The molecule has 1 atom stereocenters. The minimum absolute atomic E-state index is 0.266. The number of aromatic nitrogens is 2. The molecule has 8 nitrogen and oxygen atoms in total. The van der Waals surface area contributed by atoms with Crippen molar-refractivity contribution in [3.63, 3.8) is 0 Å².